The molecule has 3 N–H and O–H groups in total. The largest absolute Gasteiger partial charge is 0.466 e. The van der Waals surface area contributed by atoms with Crippen molar-refractivity contribution in [2.75, 3.05) is 13.2 Å². The van der Waals surface area contributed by atoms with Gasteiger partial charge < -0.3 is 20.3 Å². The van der Waals surface area contributed by atoms with E-state index in [1.54, 1.807) is 0 Å². The molecule has 2 unspecified atom stereocenters. The summed E-state index contributed by atoms with van der Waals surface area (Å²) in [6.45, 7) is 4.97. The second-order valence-electron chi connectivity index (χ2n) is 21.7. The van der Waals surface area contributed by atoms with E-state index in [1.807, 2.05) is 0 Å². The molecule has 0 rings (SSSR count). The second kappa shape index (κ2) is 59.2. The zero-order valence-electron chi connectivity index (χ0n) is 46.8. The van der Waals surface area contributed by atoms with Crippen LogP contribution in [0.25, 0.3) is 0 Å². The Labute approximate surface area is 431 Å². The summed E-state index contributed by atoms with van der Waals surface area (Å²) in [4.78, 5) is 24.5. The molecule has 0 spiro atoms. The van der Waals surface area contributed by atoms with E-state index in [4.69, 9.17) is 4.74 Å². The lowest BCUT2D eigenvalue weighted by Crippen LogP contribution is -2.45. The molecule has 0 aliphatic heterocycles. The van der Waals surface area contributed by atoms with Gasteiger partial charge in [0.25, 0.3) is 0 Å². The highest BCUT2D eigenvalue weighted by molar-refractivity contribution is 5.76. The van der Waals surface area contributed by atoms with Crippen molar-refractivity contribution in [3.63, 3.8) is 0 Å². The van der Waals surface area contributed by atoms with Crippen LogP contribution in [0.15, 0.2) is 12.2 Å². The Morgan fingerprint density at radius 2 is 0.681 bits per heavy atom. The fourth-order valence-electron chi connectivity index (χ4n) is 9.99. The minimum absolute atomic E-state index is 0.0153. The first kappa shape index (κ1) is 67.6. The van der Waals surface area contributed by atoms with Gasteiger partial charge in [-0.3, -0.25) is 9.59 Å². The Bertz CT molecular complexity index is 1030. The molecule has 410 valence electrons. The van der Waals surface area contributed by atoms with Crippen LogP contribution >= 0.6 is 0 Å². The molecule has 69 heavy (non-hydrogen) atoms. The first-order valence-electron chi connectivity index (χ1n) is 31.4. The maximum absolute atomic E-state index is 12.4. The van der Waals surface area contributed by atoms with Crippen LogP contribution in [0.1, 0.15) is 354 Å². The molecule has 0 aliphatic rings. The van der Waals surface area contributed by atoms with Crippen LogP contribution in [-0.2, 0) is 14.3 Å². The van der Waals surface area contributed by atoms with Crippen LogP contribution in [-0.4, -0.2) is 47.4 Å². The predicted octanol–water partition coefficient (Wildman–Crippen LogP) is 19.6. The molecule has 0 fully saturated rings. The van der Waals surface area contributed by atoms with Crippen molar-refractivity contribution in [1.82, 2.24) is 5.32 Å². The van der Waals surface area contributed by atoms with Gasteiger partial charge in [-0.25, -0.2) is 0 Å². The third kappa shape index (κ3) is 55.8. The highest BCUT2D eigenvalue weighted by Gasteiger charge is 2.20. The number of aliphatic hydroxyl groups excluding tert-OH is 2. The van der Waals surface area contributed by atoms with Crippen LogP contribution in [0.3, 0.4) is 0 Å². The lowest BCUT2D eigenvalue weighted by molar-refractivity contribution is -0.143. The molecule has 2 atom stereocenters. The SMILES string of the molecule is CCCCCCCCCCCCCCCCCCCCCC(=O)OCCCCCCCCCCCCC/C=C\CCCCCCCCCC(=O)NC(CO)C(O)CCCCCCCCCCCCC. The third-order valence-electron chi connectivity index (χ3n) is 14.8. The Balaban J connectivity index is 3.36. The highest BCUT2D eigenvalue weighted by Crippen LogP contribution is 2.18. The molecule has 0 aliphatic carbocycles. The first-order valence-corrected chi connectivity index (χ1v) is 31.4. The Hall–Kier alpha value is -1.40. The summed E-state index contributed by atoms with van der Waals surface area (Å²) in [7, 11) is 0. The number of esters is 1. The number of carbonyl (C=O) groups excluding carboxylic acids is 2. The summed E-state index contributed by atoms with van der Waals surface area (Å²) >= 11 is 0. The number of ether oxygens (including phenoxy) is 1. The monoisotopic (exact) mass is 974 g/mol. The van der Waals surface area contributed by atoms with Gasteiger partial charge in [0.05, 0.1) is 25.4 Å². The molecule has 0 radical (unpaired) electrons. The quantitative estimate of drug-likeness (QED) is 0.0321. The van der Waals surface area contributed by atoms with Gasteiger partial charge in [-0.2, -0.15) is 0 Å². The maximum Gasteiger partial charge on any atom is 0.305 e. The molecule has 0 heterocycles. The van der Waals surface area contributed by atoms with Gasteiger partial charge in [0.15, 0.2) is 0 Å². The van der Waals surface area contributed by atoms with Crippen LogP contribution in [0.2, 0.25) is 0 Å². The van der Waals surface area contributed by atoms with E-state index in [9.17, 15) is 19.8 Å². The van der Waals surface area contributed by atoms with E-state index in [0.29, 0.717) is 25.9 Å². The second-order valence-corrected chi connectivity index (χ2v) is 21.7. The van der Waals surface area contributed by atoms with E-state index in [-0.39, 0.29) is 18.5 Å². The number of hydrogen-bond acceptors (Lipinski definition) is 5. The number of rotatable bonds is 59. The topological polar surface area (TPSA) is 95.9 Å². The molecule has 1 amide bonds. The van der Waals surface area contributed by atoms with E-state index in [1.165, 1.54) is 283 Å². The van der Waals surface area contributed by atoms with Gasteiger partial charge in [-0.05, 0) is 51.4 Å². The summed E-state index contributed by atoms with van der Waals surface area (Å²) in [5, 5.41) is 23.2. The number of carbonyl (C=O) groups is 2. The Morgan fingerprint density at radius 3 is 1.03 bits per heavy atom. The number of hydrogen-bond donors (Lipinski definition) is 3. The van der Waals surface area contributed by atoms with Gasteiger partial charge in [0.2, 0.25) is 5.91 Å². The smallest absolute Gasteiger partial charge is 0.305 e. The van der Waals surface area contributed by atoms with Gasteiger partial charge >= 0.3 is 5.97 Å². The summed E-state index contributed by atoms with van der Waals surface area (Å²) < 4.78 is 5.50. The molecular formula is C63H123NO5. The van der Waals surface area contributed by atoms with Gasteiger partial charge in [0, 0.05) is 12.8 Å². The zero-order valence-corrected chi connectivity index (χ0v) is 46.8. The fourth-order valence-corrected chi connectivity index (χ4v) is 9.99. The summed E-state index contributed by atoms with van der Waals surface area (Å²) in [6.07, 6.45) is 70.9. The number of aliphatic hydroxyl groups is 2. The van der Waals surface area contributed by atoms with Crippen molar-refractivity contribution in [2.45, 2.75) is 366 Å². The van der Waals surface area contributed by atoms with Gasteiger partial charge in [0.1, 0.15) is 0 Å². The van der Waals surface area contributed by atoms with E-state index < -0.39 is 12.1 Å². The minimum Gasteiger partial charge on any atom is -0.466 e. The first-order chi connectivity index (χ1) is 34.0. The van der Waals surface area contributed by atoms with Crippen molar-refractivity contribution < 1.29 is 24.5 Å². The van der Waals surface area contributed by atoms with Crippen LogP contribution in [0.5, 0.6) is 0 Å². The molecule has 0 saturated carbocycles. The van der Waals surface area contributed by atoms with E-state index >= 15 is 0 Å². The van der Waals surface area contributed by atoms with E-state index in [0.717, 1.165) is 38.5 Å². The van der Waals surface area contributed by atoms with Crippen molar-refractivity contribution in [2.24, 2.45) is 0 Å². The molecule has 0 aromatic heterocycles. The lowest BCUT2D eigenvalue weighted by atomic mass is 10.0. The fraction of sp³-hybridized carbons (Fsp3) is 0.937. The van der Waals surface area contributed by atoms with Crippen LogP contribution in [0.4, 0.5) is 0 Å². The zero-order chi connectivity index (χ0) is 50.0. The normalized spacial score (nSPS) is 12.6. The number of amides is 1. The number of unbranched alkanes of at least 4 members (excludes halogenated alkanes) is 46. The average Bonchev–Trinajstić information content (AvgIpc) is 3.35. The molecule has 0 bridgehead atoms. The predicted molar refractivity (Wildman–Crippen MR) is 301 cm³/mol. The van der Waals surface area contributed by atoms with Crippen molar-refractivity contribution in [3.8, 4) is 0 Å². The number of nitrogens with one attached hydrogen (secondary N) is 1. The highest BCUT2D eigenvalue weighted by atomic mass is 16.5. The molecule has 0 saturated heterocycles. The molecular weight excluding hydrogens is 851 g/mol. The van der Waals surface area contributed by atoms with Crippen LogP contribution < -0.4 is 5.32 Å². The maximum atomic E-state index is 12.4. The Kier molecular flexibility index (Phi) is 58.0. The van der Waals surface area contributed by atoms with Crippen molar-refractivity contribution >= 4 is 11.9 Å². The Morgan fingerprint density at radius 1 is 0.391 bits per heavy atom. The van der Waals surface area contributed by atoms with Gasteiger partial charge in [-0.1, -0.05) is 302 Å². The molecule has 0 aromatic rings. The summed E-state index contributed by atoms with van der Waals surface area (Å²) in [5.74, 6) is -0.0262. The standard InChI is InChI=1S/C63H123NO5/c1-3-5-7-9-11-13-15-16-17-18-23-27-30-33-37-41-45-49-53-57-63(68)69-58-54-50-46-42-38-34-31-28-25-22-20-19-21-24-26-29-32-36-40-44-48-52-56-62(67)64-60(59-65)61(66)55-51-47-43-39-35-14-12-10-8-6-4-2/h21,24,60-61,65-66H,3-20,22-23,25-59H2,1-2H3,(H,64,67)/b24-21-. The minimum atomic E-state index is -0.666. The van der Waals surface area contributed by atoms with Crippen molar-refractivity contribution in [3.05, 3.63) is 12.2 Å². The van der Waals surface area contributed by atoms with Crippen LogP contribution in [0, 0.1) is 0 Å². The van der Waals surface area contributed by atoms with Crippen molar-refractivity contribution in [1.29, 1.82) is 0 Å². The summed E-state index contributed by atoms with van der Waals surface area (Å²) in [6, 6.07) is -0.544. The lowest BCUT2D eigenvalue weighted by Gasteiger charge is -2.22. The van der Waals surface area contributed by atoms with Gasteiger partial charge in [-0.15, -0.1) is 0 Å². The van der Waals surface area contributed by atoms with E-state index in [2.05, 4.69) is 31.3 Å². The molecule has 6 heteroatoms. The summed E-state index contributed by atoms with van der Waals surface area (Å²) in [5.41, 5.74) is 0. The molecule has 0 aromatic carbocycles. The molecule has 6 nitrogen and oxygen atoms in total. The number of allylic oxidation sites excluding steroid dienone is 2. The average molecular weight is 975 g/mol. The third-order valence-corrected chi connectivity index (χ3v) is 14.8.